The number of hydrogen-bond donors (Lipinski definition) is 3. The number of aliphatic hydroxyl groups excluding tert-OH is 2. The molecule has 3 saturated heterocycles. The van der Waals surface area contributed by atoms with Crippen molar-refractivity contribution in [3.8, 4) is 0 Å². The standard InChI is InChI=1S/C29H34O10/c1-13(2)27-21(35-16(5)31)15(4)28-18-11-14(3)20(32)26(18,34)24(33)25(12-30)22(36-25)19(28)23(27)37-29(38-27,39-28)17-9-7-6-8-10-17/h6-11,13,15,18-19,21-24,30,33-34H,12H2,1-5H3/t15-,18?,19?,21-,22+,23?,24-,25+,26-,27+,28?,29-/m1/s1. The summed E-state index contributed by atoms with van der Waals surface area (Å²) in [4.78, 5) is 26.2. The average Bonchev–Trinajstić information content (AvgIpc) is 3.53. The van der Waals surface area contributed by atoms with Crippen molar-refractivity contribution in [3.05, 3.63) is 47.5 Å². The maximum absolute atomic E-state index is 13.6. The molecule has 7 rings (SSSR count). The van der Waals surface area contributed by atoms with Gasteiger partial charge >= 0.3 is 11.9 Å². The Morgan fingerprint density at radius 3 is 2.44 bits per heavy atom. The highest BCUT2D eigenvalue weighted by atomic mass is 16.9. The minimum absolute atomic E-state index is 0.253. The monoisotopic (exact) mass is 542 g/mol. The van der Waals surface area contributed by atoms with Crippen LogP contribution in [0.15, 0.2) is 42.0 Å². The molecule has 4 unspecified atom stereocenters. The predicted octanol–water partition coefficient (Wildman–Crippen LogP) is 0.954. The van der Waals surface area contributed by atoms with E-state index in [0.717, 1.165) is 0 Å². The molecule has 0 amide bonds. The molecule has 39 heavy (non-hydrogen) atoms. The second-order valence-electron chi connectivity index (χ2n) is 12.4. The van der Waals surface area contributed by atoms with Crippen LogP contribution in [0.4, 0.5) is 0 Å². The van der Waals surface area contributed by atoms with Crippen LogP contribution in [0.2, 0.25) is 0 Å². The van der Waals surface area contributed by atoms with Gasteiger partial charge in [0, 0.05) is 30.2 Å². The zero-order chi connectivity index (χ0) is 27.9. The van der Waals surface area contributed by atoms with Gasteiger partial charge in [0.2, 0.25) is 0 Å². The van der Waals surface area contributed by atoms with Gasteiger partial charge in [-0.3, -0.25) is 9.59 Å². The van der Waals surface area contributed by atoms with Crippen molar-refractivity contribution in [2.75, 3.05) is 6.61 Å². The largest absolute Gasteiger partial charge is 0.459 e. The number of ketones is 1. The SMILES string of the molecule is CC(=O)O[C@@H]1[C@@H](C)C23O[C@]4(c5ccccc5)OC(C2[C@@H]2O[C@]2(CO)[C@@H](O)[C@]2(O)C(=O)C(C)=CC32)[C@@]1(C(C)C)O4. The maximum atomic E-state index is 13.6. The molecule has 6 aliphatic rings. The molecule has 3 bridgehead atoms. The van der Waals surface area contributed by atoms with Crippen LogP contribution < -0.4 is 0 Å². The molecule has 12 atom stereocenters. The number of rotatable bonds is 4. The molecule has 2 saturated carbocycles. The van der Waals surface area contributed by atoms with Gasteiger partial charge in [0.1, 0.15) is 35.6 Å². The lowest BCUT2D eigenvalue weighted by atomic mass is 9.52. The second kappa shape index (κ2) is 7.55. The third-order valence-corrected chi connectivity index (χ3v) is 10.5. The summed E-state index contributed by atoms with van der Waals surface area (Å²) in [5, 5.41) is 34.4. The van der Waals surface area contributed by atoms with E-state index in [0.29, 0.717) is 5.56 Å². The van der Waals surface area contributed by atoms with Gasteiger partial charge < -0.3 is 39.0 Å². The van der Waals surface area contributed by atoms with Crippen molar-refractivity contribution in [1.82, 2.24) is 0 Å². The van der Waals surface area contributed by atoms with Crippen LogP contribution in [0.5, 0.6) is 0 Å². The number of fused-ring (bicyclic) bond motifs is 3. The quantitative estimate of drug-likeness (QED) is 0.372. The number of aliphatic hydroxyl groups is 3. The Hall–Kier alpha value is -2.18. The molecule has 1 aromatic carbocycles. The fourth-order valence-corrected chi connectivity index (χ4v) is 8.74. The van der Waals surface area contributed by atoms with Crippen LogP contribution in [-0.4, -0.2) is 80.5 Å². The van der Waals surface area contributed by atoms with Gasteiger partial charge in [-0.25, -0.2) is 0 Å². The normalized spacial score (nSPS) is 52.6. The molecule has 3 N–H and O–H groups in total. The number of benzene rings is 1. The van der Waals surface area contributed by atoms with E-state index < -0.39 is 88.9 Å². The Labute approximate surface area is 225 Å². The third kappa shape index (κ3) is 2.63. The molecule has 10 nitrogen and oxygen atoms in total. The smallest absolute Gasteiger partial charge is 0.313 e. The van der Waals surface area contributed by atoms with Crippen molar-refractivity contribution in [2.24, 2.45) is 23.7 Å². The molecule has 3 aliphatic carbocycles. The molecule has 5 fully saturated rings. The topological polar surface area (TPSA) is 144 Å². The van der Waals surface area contributed by atoms with Gasteiger partial charge in [-0.05, 0) is 18.4 Å². The number of epoxide rings is 1. The van der Waals surface area contributed by atoms with E-state index in [1.54, 1.807) is 13.0 Å². The number of carbonyl (C=O) groups excluding carboxylic acids is 2. The first-order valence-corrected chi connectivity index (χ1v) is 13.6. The zero-order valence-corrected chi connectivity index (χ0v) is 22.5. The summed E-state index contributed by atoms with van der Waals surface area (Å²) >= 11 is 0. The van der Waals surface area contributed by atoms with Gasteiger partial charge in [-0.1, -0.05) is 57.2 Å². The first kappa shape index (κ1) is 25.8. The highest BCUT2D eigenvalue weighted by Crippen LogP contribution is 2.74. The van der Waals surface area contributed by atoms with Crippen molar-refractivity contribution < 1.29 is 48.6 Å². The molecule has 0 spiro atoms. The average molecular weight is 543 g/mol. The highest BCUT2D eigenvalue weighted by molar-refractivity contribution is 6.05. The lowest BCUT2D eigenvalue weighted by Gasteiger charge is -2.61. The number of esters is 1. The summed E-state index contributed by atoms with van der Waals surface area (Å²) in [6.45, 7) is 8.05. The summed E-state index contributed by atoms with van der Waals surface area (Å²) in [6, 6.07) is 9.12. The molecule has 0 radical (unpaired) electrons. The van der Waals surface area contributed by atoms with E-state index in [4.69, 9.17) is 23.7 Å². The second-order valence-corrected chi connectivity index (χ2v) is 12.4. The van der Waals surface area contributed by atoms with E-state index in [9.17, 15) is 24.9 Å². The lowest BCUT2D eigenvalue weighted by Crippen LogP contribution is -2.77. The summed E-state index contributed by atoms with van der Waals surface area (Å²) in [7, 11) is 0. The molecular formula is C29H34O10. The van der Waals surface area contributed by atoms with Crippen LogP contribution in [0.3, 0.4) is 0 Å². The Kier molecular flexibility index (Phi) is 4.99. The van der Waals surface area contributed by atoms with E-state index in [2.05, 4.69) is 0 Å². The van der Waals surface area contributed by atoms with E-state index >= 15 is 0 Å². The predicted molar refractivity (Wildman–Crippen MR) is 132 cm³/mol. The molecule has 1 aromatic rings. The Bertz CT molecular complexity index is 1300. The Morgan fingerprint density at radius 1 is 1.13 bits per heavy atom. The molecule has 3 heterocycles. The van der Waals surface area contributed by atoms with Crippen molar-refractivity contribution >= 4 is 11.8 Å². The number of hydrogen-bond acceptors (Lipinski definition) is 10. The van der Waals surface area contributed by atoms with Crippen LogP contribution in [0, 0.1) is 23.7 Å². The van der Waals surface area contributed by atoms with E-state index in [1.807, 2.05) is 51.1 Å². The molecule has 210 valence electrons. The van der Waals surface area contributed by atoms with Gasteiger partial charge in [-0.15, -0.1) is 0 Å². The summed E-state index contributed by atoms with van der Waals surface area (Å²) < 4.78 is 32.9. The van der Waals surface area contributed by atoms with E-state index in [1.165, 1.54) is 6.92 Å². The van der Waals surface area contributed by atoms with Gasteiger partial charge in [0.25, 0.3) is 0 Å². The molecular weight excluding hydrogens is 508 g/mol. The molecule has 0 aromatic heterocycles. The number of carbonyl (C=O) groups is 2. The van der Waals surface area contributed by atoms with Crippen LogP contribution in [-0.2, 0) is 39.2 Å². The zero-order valence-electron chi connectivity index (χ0n) is 22.5. The van der Waals surface area contributed by atoms with E-state index in [-0.39, 0.29) is 11.5 Å². The van der Waals surface area contributed by atoms with Crippen LogP contribution >= 0.6 is 0 Å². The first-order chi connectivity index (χ1) is 18.4. The minimum atomic E-state index is -2.36. The van der Waals surface area contributed by atoms with Crippen LogP contribution in [0.1, 0.15) is 40.2 Å². The van der Waals surface area contributed by atoms with Gasteiger partial charge in [-0.2, -0.15) is 0 Å². The van der Waals surface area contributed by atoms with Crippen LogP contribution in [0.25, 0.3) is 0 Å². The summed E-state index contributed by atoms with van der Waals surface area (Å²) in [5.74, 6) is -5.62. The van der Waals surface area contributed by atoms with Crippen molar-refractivity contribution in [3.63, 3.8) is 0 Å². The fraction of sp³-hybridized carbons (Fsp3) is 0.655. The van der Waals surface area contributed by atoms with Gasteiger partial charge in [0.05, 0.1) is 12.2 Å². The number of Topliss-reactive ketones (excluding diaryl/α,β-unsaturated/α-hetero) is 1. The molecule has 10 heteroatoms. The first-order valence-electron chi connectivity index (χ1n) is 13.6. The fourth-order valence-electron chi connectivity index (χ4n) is 8.74. The Balaban J connectivity index is 1.56. The number of ether oxygens (including phenoxy) is 5. The van der Waals surface area contributed by atoms with Crippen molar-refractivity contribution in [1.29, 1.82) is 0 Å². The molecule has 3 aliphatic heterocycles. The van der Waals surface area contributed by atoms with Gasteiger partial charge in [0.15, 0.2) is 11.4 Å². The van der Waals surface area contributed by atoms with Crippen molar-refractivity contribution in [2.45, 2.75) is 87.4 Å². The third-order valence-electron chi connectivity index (χ3n) is 10.5. The lowest BCUT2D eigenvalue weighted by molar-refractivity contribution is -0.440. The summed E-state index contributed by atoms with van der Waals surface area (Å²) in [6.07, 6.45) is -2.62. The summed E-state index contributed by atoms with van der Waals surface area (Å²) in [5.41, 5.74) is -5.82. The minimum Gasteiger partial charge on any atom is -0.459 e. The highest BCUT2D eigenvalue weighted by Gasteiger charge is 2.90. The Morgan fingerprint density at radius 2 is 1.82 bits per heavy atom. The maximum Gasteiger partial charge on any atom is 0.313 e.